The van der Waals surface area contributed by atoms with Crippen LogP contribution in [0.4, 0.5) is 0 Å². The Morgan fingerprint density at radius 3 is 2.60 bits per heavy atom. The van der Waals surface area contributed by atoms with Gasteiger partial charge < -0.3 is 10.4 Å². The van der Waals surface area contributed by atoms with Gasteiger partial charge in [-0.3, -0.25) is 4.79 Å². The van der Waals surface area contributed by atoms with E-state index in [4.69, 9.17) is 5.11 Å². The van der Waals surface area contributed by atoms with E-state index in [1.165, 1.54) is 0 Å². The molecule has 1 saturated heterocycles. The van der Waals surface area contributed by atoms with Crippen LogP contribution in [0.5, 0.6) is 0 Å². The van der Waals surface area contributed by atoms with E-state index in [2.05, 4.69) is 12.2 Å². The maximum Gasteiger partial charge on any atom is 0.326 e. The molecule has 4 nitrogen and oxygen atoms in total. The van der Waals surface area contributed by atoms with Gasteiger partial charge in [0.25, 0.3) is 0 Å². The van der Waals surface area contributed by atoms with Crippen molar-refractivity contribution in [2.24, 2.45) is 11.3 Å². The summed E-state index contributed by atoms with van der Waals surface area (Å²) in [4.78, 5) is 22.4. The van der Waals surface area contributed by atoms with Gasteiger partial charge in [0.15, 0.2) is 0 Å². The molecule has 84 valence electrons. The number of carboxylic acid groups (broad SMARTS) is 1. The van der Waals surface area contributed by atoms with E-state index < -0.39 is 12.0 Å². The Balaban J connectivity index is 2.18. The van der Waals surface area contributed by atoms with Crippen LogP contribution >= 0.6 is 0 Å². The summed E-state index contributed by atoms with van der Waals surface area (Å²) >= 11 is 0. The fraction of sp³-hybridized carbons (Fsp3) is 0.818. The minimum atomic E-state index is -0.879. The maximum atomic E-state index is 11.3. The molecule has 2 rings (SSSR count). The van der Waals surface area contributed by atoms with Crippen LogP contribution in [0.15, 0.2) is 0 Å². The number of amides is 1. The summed E-state index contributed by atoms with van der Waals surface area (Å²) in [5.74, 6) is -0.312. The molecule has 0 aromatic carbocycles. The van der Waals surface area contributed by atoms with E-state index >= 15 is 0 Å². The summed E-state index contributed by atoms with van der Waals surface area (Å²) in [5.41, 5.74) is -0.296. The molecule has 0 aromatic rings. The van der Waals surface area contributed by atoms with E-state index in [9.17, 15) is 9.59 Å². The summed E-state index contributed by atoms with van der Waals surface area (Å²) in [7, 11) is 0. The van der Waals surface area contributed by atoms with E-state index in [1.807, 2.05) is 0 Å². The van der Waals surface area contributed by atoms with Crippen molar-refractivity contribution in [3.8, 4) is 0 Å². The maximum absolute atomic E-state index is 11.3. The van der Waals surface area contributed by atoms with E-state index in [0.717, 1.165) is 25.7 Å². The number of hydrogen-bond acceptors (Lipinski definition) is 2. The SMILES string of the molecule is CC1CCC2(CC1)CC(=O)NC2C(=O)O. The molecule has 1 saturated carbocycles. The monoisotopic (exact) mass is 211 g/mol. The molecule has 2 aliphatic rings. The molecule has 2 fully saturated rings. The molecule has 1 spiro atoms. The highest BCUT2D eigenvalue weighted by atomic mass is 16.4. The molecule has 0 aromatic heterocycles. The van der Waals surface area contributed by atoms with Gasteiger partial charge in [0.2, 0.25) is 5.91 Å². The van der Waals surface area contributed by atoms with Crippen LogP contribution < -0.4 is 5.32 Å². The Labute approximate surface area is 89.0 Å². The normalized spacial score (nSPS) is 40.5. The Morgan fingerprint density at radius 1 is 1.47 bits per heavy atom. The summed E-state index contributed by atoms with van der Waals surface area (Å²) in [6, 6.07) is -0.655. The van der Waals surface area contributed by atoms with Crippen LogP contribution in [0, 0.1) is 11.3 Å². The van der Waals surface area contributed by atoms with Crippen molar-refractivity contribution >= 4 is 11.9 Å². The predicted molar refractivity (Wildman–Crippen MR) is 54.2 cm³/mol. The minimum Gasteiger partial charge on any atom is -0.480 e. The first-order valence-corrected chi connectivity index (χ1v) is 5.56. The van der Waals surface area contributed by atoms with Crippen molar-refractivity contribution in [3.63, 3.8) is 0 Å². The van der Waals surface area contributed by atoms with Crippen LogP contribution in [0.25, 0.3) is 0 Å². The fourth-order valence-corrected chi connectivity index (χ4v) is 2.91. The Morgan fingerprint density at radius 2 is 2.07 bits per heavy atom. The van der Waals surface area contributed by atoms with Crippen molar-refractivity contribution in [1.82, 2.24) is 5.32 Å². The second kappa shape index (κ2) is 3.51. The largest absolute Gasteiger partial charge is 0.480 e. The molecule has 1 amide bonds. The van der Waals surface area contributed by atoms with Gasteiger partial charge in [-0.1, -0.05) is 19.8 Å². The molecule has 1 unspecified atom stereocenters. The van der Waals surface area contributed by atoms with Gasteiger partial charge in [-0.25, -0.2) is 4.79 Å². The van der Waals surface area contributed by atoms with Gasteiger partial charge in [0.1, 0.15) is 6.04 Å². The van der Waals surface area contributed by atoms with Gasteiger partial charge in [-0.05, 0) is 18.8 Å². The molecule has 0 radical (unpaired) electrons. The van der Waals surface area contributed by atoms with Crippen molar-refractivity contribution in [1.29, 1.82) is 0 Å². The summed E-state index contributed by atoms with van der Waals surface area (Å²) < 4.78 is 0. The average Bonchev–Trinajstić information content (AvgIpc) is 2.49. The number of carbonyl (C=O) groups excluding carboxylic acids is 1. The van der Waals surface area contributed by atoms with Crippen molar-refractivity contribution in [2.75, 3.05) is 0 Å². The van der Waals surface area contributed by atoms with Gasteiger partial charge in [-0.2, -0.15) is 0 Å². The van der Waals surface area contributed by atoms with Crippen LogP contribution in [0.1, 0.15) is 39.0 Å². The topological polar surface area (TPSA) is 66.4 Å². The zero-order valence-corrected chi connectivity index (χ0v) is 8.95. The van der Waals surface area contributed by atoms with Gasteiger partial charge in [0, 0.05) is 11.8 Å². The first-order chi connectivity index (χ1) is 7.03. The molecule has 2 N–H and O–H groups in total. The summed E-state index contributed by atoms with van der Waals surface area (Å²) in [6.07, 6.45) is 4.21. The standard InChI is InChI=1S/C11H17NO3/c1-7-2-4-11(5-3-7)6-8(13)12-9(11)10(14)15/h7,9H,2-6H2,1H3,(H,12,13)(H,14,15). The third-order valence-corrected chi connectivity index (χ3v) is 3.95. The van der Waals surface area contributed by atoms with Gasteiger partial charge in [0.05, 0.1) is 0 Å². The first-order valence-electron chi connectivity index (χ1n) is 5.56. The molecule has 1 atom stereocenters. The number of carboxylic acids is 1. The molecular formula is C11H17NO3. The molecular weight excluding hydrogens is 194 g/mol. The van der Waals surface area contributed by atoms with Crippen LogP contribution in [0.3, 0.4) is 0 Å². The first kappa shape index (κ1) is 10.5. The van der Waals surface area contributed by atoms with Crippen molar-refractivity contribution < 1.29 is 14.7 Å². The third-order valence-electron chi connectivity index (χ3n) is 3.95. The molecule has 1 aliphatic heterocycles. The lowest BCUT2D eigenvalue weighted by atomic mass is 9.66. The lowest BCUT2D eigenvalue weighted by Crippen LogP contribution is -2.45. The lowest BCUT2D eigenvalue weighted by molar-refractivity contribution is -0.143. The number of aliphatic carboxylic acids is 1. The second-order valence-electron chi connectivity index (χ2n) is 5.06. The minimum absolute atomic E-state index is 0.100. The van der Waals surface area contributed by atoms with E-state index in [0.29, 0.717) is 12.3 Å². The van der Waals surface area contributed by atoms with E-state index in [-0.39, 0.29) is 11.3 Å². The van der Waals surface area contributed by atoms with Gasteiger partial charge in [-0.15, -0.1) is 0 Å². The third kappa shape index (κ3) is 1.73. The zero-order valence-electron chi connectivity index (χ0n) is 8.95. The highest BCUT2D eigenvalue weighted by Crippen LogP contribution is 2.46. The molecule has 0 bridgehead atoms. The number of carbonyl (C=O) groups is 2. The quantitative estimate of drug-likeness (QED) is 0.684. The zero-order chi connectivity index (χ0) is 11.1. The molecule has 15 heavy (non-hydrogen) atoms. The number of rotatable bonds is 1. The van der Waals surface area contributed by atoms with Crippen molar-refractivity contribution in [3.05, 3.63) is 0 Å². The molecule has 1 heterocycles. The predicted octanol–water partition coefficient (Wildman–Crippen LogP) is 1.16. The Kier molecular flexibility index (Phi) is 2.44. The second-order valence-corrected chi connectivity index (χ2v) is 5.06. The smallest absolute Gasteiger partial charge is 0.326 e. The highest BCUT2D eigenvalue weighted by Gasteiger charge is 2.51. The van der Waals surface area contributed by atoms with E-state index in [1.54, 1.807) is 0 Å². The number of nitrogens with one attached hydrogen (secondary N) is 1. The van der Waals surface area contributed by atoms with Crippen LogP contribution in [-0.2, 0) is 9.59 Å². The van der Waals surface area contributed by atoms with Crippen molar-refractivity contribution in [2.45, 2.75) is 45.1 Å². The number of hydrogen-bond donors (Lipinski definition) is 2. The van der Waals surface area contributed by atoms with Gasteiger partial charge >= 0.3 is 5.97 Å². The lowest BCUT2D eigenvalue weighted by Gasteiger charge is -2.37. The molecule has 4 heteroatoms. The Bertz CT molecular complexity index is 292. The fourth-order valence-electron chi connectivity index (χ4n) is 2.91. The average molecular weight is 211 g/mol. The summed E-state index contributed by atoms with van der Waals surface area (Å²) in [5, 5.41) is 11.7. The molecule has 1 aliphatic carbocycles. The Hall–Kier alpha value is -1.06. The summed E-state index contributed by atoms with van der Waals surface area (Å²) in [6.45, 7) is 2.19. The van der Waals surface area contributed by atoms with Crippen LogP contribution in [-0.4, -0.2) is 23.0 Å². The highest BCUT2D eigenvalue weighted by molar-refractivity contribution is 5.89. The van der Waals surface area contributed by atoms with Crippen LogP contribution in [0.2, 0.25) is 0 Å².